The average Bonchev–Trinajstić information content (AvgIpc) is 3.09. The van der Waals surface area contributed by atoms with E-state index in [1.807, 2.05) is 0 Å². The van der Waals surface area contributed by atoms with E-state index in [0.717, 1.165) is 0 Å². The normalized spacial score (nSPS) is 14.1. The van der Waals surface area contributed by atoms with Gasteiger partial charge in [0.1, 0.15) is 12.1 Å². The van der Waals surface area contributed by atoms with Gasteiger partial charge in [0.25, 0.3) is 0 Å². The molecular weight excluding hydrogens is 364 g/mol. The van der Waals surface area contributed by atoms with Crippen molar-refractivity contribution in [3.8, 4) is 0 Å². The zero-order chi connectivity index (χ0) is 19.7. The molecule has 1 aromatic heterocycles. The molecule has 0 aromatic carbocycles. The van der Waals surface area contributed by atoms with Gasteiger partial charge in [-0.3, -0.25) is 14.4 Å². The minimum atomic E-state index is -1.26. The minimum Gasteiger partial charge on any atom is -0.480 e. The molecule has 12 heteroatoms. The van der Waals surface area contributed by atoms with Crippen LogP contribution in [0.15, 0.2) is 12.5 Å². The fourth-order valence-corrected chi connectivity index (χ4v) is 2.17. The lowest BCUT2D eigenvalue weighted by Crippen LogP contribution is -2.55. The van der Waals surface area contributed by atoms with E-state index in [1.165, 1.54) is 12.5 Å². The molecule has 0 bridgehead atoms. The number of aromatic amines is 1. The van der Waals surface area contributed by atoms with Gasteiger partial charge in [0, 0.05) is 30.5 Å². The Hall–Kier alpha value is -2.60. The number of imidazole rings is 1. The quantitative estimate of drug-likeness (QED) is 0.205. The molecule has 0 aliphatic heterocycles. The van der Waals surface area contributed by atoms with Crippen LogP contribution in [0.5, 0.6) is 0 Å². The highest BCUT2D eigenvalue weighted by Gasteiger charge is 2.28. The van der Waals surface area contributed by atoms with Crippen LogP contribution < -0.4 is 22.1 Å². The number of primary amides is 1. The van der Waals surface area contributed by atoms with Crippen LogP contribution in [0.3, 0.4) is 0 Å². The first-order valence-electron chi connectivity index (χ1n) is 7.70. The molecule has 0 aliphatic rings. The highest BCUT2D eigenvalue weighted by atomic mass is 32.1. The van der Waals surface area contributed by atoms with E-state index in [-0.39, 0.29) is 25.0 Å². The lowest BCUT2D eigenvalue weighted by molar-refractivity contribution is -0.142. The molecular formula is C14H22N6O5S. The van der Waals surface area contributed by atoms with Crippen LogP contribution in [-0.2, 0) is 25.6 Å². The van der Waals surface area contributed by atoms with Crippen molar-refractivity contribution < 1.29 is 24.3 Å². The summed E-state index contributed by atoms with van der Waals surface area (Å²) in [5, 5.41) is 14.0. The fourth-order valence-electron chi connectivity index (χ4n) is 2.01. The van der Waals surface area contributed by atoms with Crippen molar-refractivity contribution in [2.24, 2.45) is 11.5 Å². The molecule has 3 atom stereocenters. The largest absolute Gasteiger partial charge is 0.480 e. The lowest BCUT2D eigenvalue weighted by Gasteiger charge is -2.22. The number of H-pyrrole nitrogens is 1. The van der Waals surface area contributed by atoms with Crippen LogP contribution in [0, 0.1) is 0 Å². The van der Waals surface area contributed by atoms with Gasteiger partial charge in [-0.1, -0.05) is 0 Å². The third kappa shape index (κ3) is 7.11. The van der Waals surface area contributed by atoms with Crippen LogP contribution in [0.2, 0.25) is 0 Å². The Bertz CT molecular complexity index is 638. The first-order valence-corrected chi connectivity index (χ1v) is 8.33. The van der Waals surface area contributed by atoms with Gasteiger partial charge < -0.3 is 32.2 Å². The van der Waals surface area contributed by atoms with E-state index in [2.05, 4.69) is 33.2 Å². The number of carboxylic acids is 1. The number of aromatic nitrogens is 2. The molecule has 0 unspecified atom stereocenters. The van der Waals surface area contributed by atoms with Gasteiger partial charge in [-0.25, -0.2) is 9.78 Å². The highest BCUT2D eigenvalue weighted by molar-refractivity contribution is 7.80. The van der Waals surface area contributed by atoms with Gasteiger partial charge in [0.05, 0.1) is 12.4 Å². The van der Waals surface area contributed by atoms with Crippen LogP contribution in [0.1, 0.15) is 18.5 Å². The number of amides is 3. The fraction of sp³-hybridized carbons (Fsp3) is 0.500. The molecule has 0 aliphatic carbocycles. The van der Waals surface area contributed by atoms with Gasteiger partial charge in [-0.05, 0) is 6.42 Å². The molecule has 3 amide bonds. The summed E-state index contributed by atoms with van der Waals surface area (Å²) in [5.41, 5.74) is 11.1. The Labute approximate surface area is 154 Å². The van der Waals surface area contributed by atoms with Gasteiger partial charge in [0.15, 0.2) is 0 Å². The molecule has 8 N–H and O–H groups in total. The van der Waals surface area contributed by atoms with Crippen LogP contribution in [0.25, 0.3) is 0 Å². The summed E-state index contributed by atoms with van der Waals surface area (Å²) < 4.78 is 0. The summed E-state index contributed by atoms with van der Waals surface area (Å²) in [6.45, 7) is 0. The molecule has 1 aromatic rings. The number of carbonyl (C=O) groups is 4. The number of nitrogens with zero attached hydrogens (tertiary/aromatic N) is 1. The average molecular weight is 386 g/mol. The number of carboxylic acid groups (broad SMARTS) is 1. The lowest BCUT2D eigenvalue weighted by atomic mass is 10.1. The first-order chi connectivity index (χ1) is 12.2. The van der Waals surface area contributed by atoms with Crippen molar-refractivity contribution in [1.82, 2.24) is 20.6 Å². The molecule has 0 saturated heterocycles. The van der Waals surface area contributed by atoms with Crippen LogP contribution in [0.4, 0.5) is 0 Å². The van der Waals surface area contributed by atoms with E-state index >= 15 is 0 Å². The molecule has 0 radical (unpaired) electrons. The second-order valence-corrected chi connectivity index (χ2v) is 5.90. The first kappa shape index (κ1) is 21.4. The highest BCUT2D eigenvalue weighted by Crippen LogP contribution is 2.03. The summed E-state index contributed by atoms with van der Waals surface area (Å²) in [7, 11) is 0. The van der Waals surface area contributed by atoms with Gasteiger partial charge in [-0.2, -0.15) is 12.6 Å². The molecule has 11 nitrogen and oxygen atoms in total. The van der Waals surface area contributed by atoms with Crippen molar-refractivity contribution in [2.75, 3.05) is 5.75 Å². The van der Waals surface area contributed by atoms with Gasteiger partial charge in [0.2, 0.25) is 17.7 Å². The van der Waals surface area contributed by atoms with Crippen molar-refractivity contribution >= 4 is 36.3 Å². The maximum absolute atomic E-state index is 12.4. The zero-order valence-electron chi connectivity index (χ0n) is 13.8. The third-order valence-corrected chi connectivity index (χ3v) is 3.83. The predicted molar refractivity (Wildman–Crippen MR) is 94.0 cm³/mol. The number of hydrogen-bond acceptors (Lipinski definition) is 7. The maximum Gasteiger partial charge on any atom is 0.326 e. The number of hydrogen-bond donors (Lipinski definition) is 7. The number of carbonyl (C=O) groups excluding carboxylic acids is 3. The topological polar surface area (TPSA) is 193 Å². The second kappa shape index (κ2) is 10.4. The van der Waals surface area contributed by atoms with Crippen molar-refractivity contribution in [3.63, 3.8) is 0 Å². The Kier molecular flexibility index (Phi) is 8.58. The summed E-state index contributed by atoms with van der Waals surface area (Å²) in [5.74, 6) is -3.29. The monoisotopic (exact) mass is 386 g/mol. The smallest absolute Gasteiger partial charge is 0.326 e. The number of thiol groups is 1. The maximum atomic E-state index is 12.4. The van der Waals surface area contributed by atoms with Crippen LogP contribution in [-0.4, -0.2) is 62.6 Å². The second-order valence-electron chi connectivity index (χ2n) is 5.54. The number of nitrogens with one attached hydrogen (secondary N) is 3. The van der Waals surface area contributed by atoms with E-state index in [9.17, 15) is 24.3 Å². The Morgan fingerprint density at radius 2 is 1.88 bits per heavy atom. The number of rotatable bonds is 11. The summed E-state index contributed by atoms with van der Waals surface area (Å²) in [6.07, 6.45) is 2.51. The molecule has 0 saturated carbocycles. The Balaban J connectivity index is 2.81. The predicted octanol–water partition coefficient (Wildman–Crippen LogP) is -2.47. The van der Waals surface area contributed by atoms with E-state index < -0.39 is 41.8 Å². The van der Waals surface area contributed by atoms with E-state index in [1.54, 1.807) is 0 Å². The molecule has 1 rings (SSSR count). The standard InChI is InChI=1S/C14H22N6O5S/c15-8(5-26)12(22)19-9(1-2-11(16)21)13(23)20-10(14(24)25)3-7-4-17-6-18-7/h4,6,8-10,26H,1-3,5,15H2,(H2,16,21)(H,17,18)(H,19,22)(H,20,23)(H,24,25)/t8-,9-,10-/m0/s1. The summed E-state index contributed by atoms with van der Waals surface area (Å²) >= 11 is 3.90. The molecule has 0 fully saturated rings. The zero-order valence-corrected chi connectivity index (χ0v) is 14.7. The summed E-state index contributed by atoms with van der Waals surface area (Å²) in [4.78, 5) is 53.2. The Morgan fingerprint density at radius 1 is 1.23 bits per heavy atom. The third-order valence-electron chi connectivity index (χ3n) is 3.44. The van der Waals surface area contributed by atoms with Crippen LogP contribution >= 0.6 is 12.6 Å². The number of aliphatic carboxylic acids is 1. The molecule has 1 heterocycles. The van der Waals surface area contributed by atoms with Crippen molar-refractivity contribution in [2.45, 2.75) is 37.4 Å². The SMILES string of the molecule is NC(=O)CC[C@H](NC(=O)[C@@H](N)CS)C(=O)N[C@@H](Cc1cnc[nH]1)C(=O)O. The molecule has 0 spiro atoms. The molecule has 144 valence electrons. The van der Waals surface area contributed by atoms with Crippen molar-refractivity contribution in [3.05, 3.63) is 18.2 Å². The van der Waals surface area contributed by atoms with E-state index in [0.29, 0.717) is 5.69 Å². The summed E-state index contributed by atoms with van der Waals surface area (Å²) in [6, 6.07) is -3.37. The van der Waals surface area contributed by atoms with Gasteiger partial charge >= 0.3 is 5.97 Å². The van der Waals surface area contributed by atoms with Crippen molar-refractivity contribution in [1.29, 1.82) is 0 Å². The Morgan fingerprint density at radius 3 is 2.38 bits per heavy atom. The molecule has 26 heavy (non-hydrogen) atoms. The number of nitrogens with two attached hydrogens (primary N) is 2. The minimum absolute atomic E-state index is 0.0340. The van der Waals surface area contributed by atoms with E-state index in [4.69, 9.17) is 11.5 Å². The van der Waals surface area contributed by atoms with Gasteiger partial charge in [-0.15, -0.1) is 0 Å².